The summed E-state index contributed by atoms with van der Waals surface area (Å²) in [7, 11) is 1.61. The minimum absolute atomic E-state index is 0.556. The Hall–Kier alpha value is -2.03. The van der Waals surface area contributed by atoms with Crippen molar-refractivity contribution in [2.24, 2.45) is 0 Å². The number of aldehydes is 1. The molecule has 0 atom stereocenters. The van der Waals surface area contributed by atoms with Gasteiger partial charge in [-0.05, 0) is 30.3 Å². The summed E-state index contributed by atoms with van der Waals surface area (Å²) in [4.78, 5) is 10.7. The van der Waals surface area contributed by atoms with Crippen molar-refractivity contribution in [2.75, 3.05) is 7.11 Å². The van der Waals surface area contributed by atoms with Crippen molar-refractivity contribution in [3.05, 3.63) is 42.2 Å². The topological polar surface area (TPSA) is 39.4 Å². The van der Waals surface area contributed by atoms with Crippen molar-refractivity contribution in [1.29, 1.82) is 0 Å². The molecule has 76 valence electrons. The summed E-state index contributed by atoms with van der Waals surface area (Å²) in [6.45, 7) is 0. The fraction of sp³-hybridized carbons (Fsp3) is 0.0833. The van der Waals surface area contributed by atoms with Crippen LogP contribution in [0.4, 0.5) is 0 Å². The third-order valence-electron chi connectivity index (χ3n) is 2.17. The monoisotopic (exact) mass is 202 g/mol. The first kappa shape index (κ1) is 9.52. The number of hydrogen-bond donors (Lipinski definition) is 0. The minimum Gasteiger partial charge on any atom is -0.497 e. The number of furan rings is 1. The van der Waals surface area contributed by atoms with Gasteiger partial charge in [0, 0.05) is 5.56 Å². The summed E-state index contributed by atoms with van der Waals surface area (Å²) < 4.78 is 10.3. The van der Waals surface area contributed by atoms with Crippen LogP contribution >= 0.6 is 0 Å². The smallest absolute Gasteiger partial charge is 0.153 e. The molecule has 15 heavy (non-hydrogen) atoms. The van der Waals surface area contributed by atoms with Crippen LogP contribution in [0.3, 0.4) is 0 Å². The number of hydrogen-bond acceptors (Lipinski definition) is 3. The molecule has 0 radical (unpaired) electrons. The number of carbonyl (C=O) groups is 1. The Morgan fingerprint density at radius 3 is 2.53 bits per heavy atom. The molecule has 3 nitrogen and oxygen atoms in total. The van der Waals surface area contributed by atoms with Crippen LogP contribution in [0.25, 0.3) is 11.3 Å². The molecule has 0 saturated carbocycles. The Balaban J connectivity index is 2.41. The Bertz CT molecular complexity index is 454. The largest absolute Gasteiger partial charge is 0.497 e. The predicted octanol–water partition coefficient (Wildman–Crippen LogP) is 2.77. The van der Waals surface area contributed by atoms with Gasteiger partial charge >= 0.3 is 0 Å². The van der Waals surface area contributed by atoms with Gasteiger partial charge in [0.05, 0.1) is 18.9 Å². The Morgan fingerprint density at radius 1 is 1.20 bits per heavy atom. The molecule has 1 heterocycles. The van der Waals surface area contributed by atoms with E-state index in [4.69, 9.17) is 9.15 Å². The standard InChI is InChI=1S/C12H10O3/c1-14-11-4-2-9(3-5-11)12-10(8-13)6-7-15-12/h2-8H,1H3. The van der Waals surface area contributed by atoms with Gasteiger partial charge in [-0.1, -0.05) is 0 Å². The number of methoxy groups -OCH3 is 1. The predicted molar refractivity (Wildman–Crippen MR) is 56.1 cm³/mol. The van der Waals surface area contributed by atoms with Crippen LogP contribution in [-0.4, -0.2) is 13.4 Å². The van der Waals surface area contributed by atoms with Crippen LogP contribution in [0.15, 0.2) is 41.0 Å². The third kappa shape index (κ3) is 1.76. The molecule has 2 aromatic rings. The molecule has 0 spiro atoms. The highest BCUT2D eigenvalue weighted by Crippen LogP contribution is 2.25. The van der Waals surface area contributed by atoms with Crippen LogP contribution in [0.5, 0.6) is 5.75 Å². The van der Waals surface area contributed by atoms with E-state index in [9.17, 15) is 4.79 Å². The van der Waals surface area contributed by atoms with Crippen LogP contribution < -0.4 is 4.74 Å². The van der Waals surface area contributed by atoms with E-state index in [0.717, 1.165) is 17.6 Å². The van der Waals surface area contributed by atoms with E-state index in [0.29, 0.717) is 11.3 Å². The maximum atomic E-state index is 10.7. The number of ether oxygens (including phenoxy) is 1. The van der Waals surface area contributed by atoms with Gasteiger partial charge in [-0.2, -0.15) is 0 Å². The van der Waals surface area contributed by atoms with E-state index in [1.807, 2.05) is 24.3 Å². The molecular formula is C12H10O3. The van der Waals surface area contributed by atoms with Crippen molar-refractivity contribution >= 4 is 6.29 Å². The van der Waals surface area contributed by atoms with Gasteiger partial charge in [0.2, 0.25) is 0 Å². The van der Waals surface area contributed by atoms with Gasteiger partial charge in [-0.3, -0.25) is 4.79 Å². The summed E-state index contributed by atoms with van der Waals surface area (Å²) in [5.41, 5.74) is 1.42. The molecule has 0 aliphatic carbocycles. The average molecular weight is 202 g/mol. The van der Waals surface area contributed by atoms with E-state index >= 15 is 0 Å². The molecule has 1 aromatic heterocycles. The number of carbonyl (C=O) groups excluding carboxylic acids is 1. The maximum absolute atomic E-state index is 10.7. The first-order valence-electron chi connectivity index (χ1n) is 4.52. The molecule has 1 aromatic carbocycles. The van der Waals surface area contributed by atoms with Crippen LogP contribution in [0, 0.1) is 0 Å². The Morgan fingerprint density at radius 2 is 1.93 bits per heavy atom. The SMILES string of the molecule is COc1ccc(-c2occc2C=O)cc1. The third-order valence-corrected chi connectivity index (χ3v) is 2.17. The molecule has 0 saturated heterocycles. The molecular weight excluding hydrogens is 192 g/mol. The second-order valence-electron chi connectivity index (χ2n) is 3.05. The summed E-state index contributed by atoms with van der Waals surface area (Å²) in [5, 5.41) is 0. The van der Waals surface area contributed by atoms with Gasteiger partial charge in [0.25, 0.3) is 0 Å². The summed E-state index contributed by atoms with van der Waals surface area (Å²) in [6, 6.07) is 9.00. The zero-order chi connectivity index (χ0) is 10.7. The normalized spacial score (nSPS) is 9.93. The van der Waals surface area contributed by atoms with Gasteiger partial charge in [-0.25, -0.2) is 0 Å². The lowest BCUT2D eigenvalue weighted by molar-refractivity contribution is 0.112. The zero-order valence-corrected chi connectivity index (χ0v) is 8.27. The molecule has 3 heteroatoms. The number of benzene rings is 1. The second-order valence-corrected chi connectivity index (χ2v) is 3.05. The quantitative estimate of drug-likeness (QED) is 0.718. The average Bonchev–Trinajstić information content (AvgIpc) is 2.77. The Labute approximate surface area is 87.3 Å². The van der Waals surface area contributed by atoms with Crippen molar-refractivity contribution in [3.8, 4) is 17.1 Å². The molecule has 0 unspecified atom stereocenters. The first-order chi connectivity index (χ1) is 7.35. The highest BCUT2D eigenvalue weighted by molar-refractivity contribution is 5.84. The lowest BCUT2D eigenvalue weighted by Gasteiger charge is -2.01. The van der Waals surface area contributed by atoms with E-state index in [-0.39, 0.29) is 0 Å². The number of rotatable bonds is 3. The first-order valence-corrected chi connectivity index (χ1v) is 4.52. The molecule has 0 aliphatic rings. The van der Waals surface area contributed by atoms with E-state index < -0.39 is 0 Å². The van der Waals surface area contributed by atoms with Crippen LogP contribution in [-0.2, 0) is 0 Å². The van der Waals surface area contributed by atoms with Gasteiger partial charge in [0.15, 0.2) is 6.29 Å². The van der Waals surface area contributed by atoms with Crippen LogP contribution in [0.2, 0.25) is 0 Å². The van der Waals surface area contributed by atoms with Crippen molar-refractivity contribution < 1.29 is 13.9 Å². The lowest BCUT2D eigenvalue weighted by Crippen LogP contribution is -1.84. The van der Waals surface area contributed by atoms with E-state index in [1.54, 1.807) is 13.2 Å². The lowest BCUT2D eigenvalue weighted by atomic mass is 10.1. The second kappa shape index (κ2) is 4.00. The molecule has 2 rings (SSSR count). The van der Waals surface area contributed by atoms with Crippen molar-refractivity contribution in [1.82, 2.24) is 0 Å². The molecule has 0 fully saturated rings. The fourth-order valence-electron chi connectivity index (χ4n) is 1.39. The summed E-state index contributed by atoms with van der Waals surface area (Å²) in [5.74, 6) is 1.37. The van der Waals surface area contributed by atoms with Gasteiger partial charge < -0.3 is 9.15 Å². The summed E-state index contributed by atoms with van der Waals surface area (Å²) >= 11 is 0. The van der Waals surface area contributed by atoms with Crippen molar-refractivity contribution in [3.63, 3.8) is 0 Å². The van der Waals surface area contributed by atoms with Gasteiger partial charge in [-0.15, -0.1) is 0 Å². The maximum Gasteiger partial charge on any atom is 0.153 e. The highest BCUT2D eigenvalue weighted by Gasteiger charge is 2.07. The molecule has 0 bridgehead atoms. The molecule has 0 aliphatic heterocycles. The van der Waals surface area contributed by atoms with E-state index in [1.165, 1.54) is 6.26 Å². The molecule has 0 N–H and O–H groups in total. The summed E-state index contributed by atoms with van der Waals surface area (Å²) in [6.07, 6.45) is 2.28. The fourth-order valence-corrected chi connectivity index (χ4v) is 1.39. The highest BCUT2D eigenvalue weighted by atomic mass is 16.5. The zero-order valence-electron chi connectivity index (χ0n) is 8.27. The minimum atomic E-state index is 0.556. The van der Waals surface area contributed by atoms with Crippen LogP contribution in [0.1, 0.15) is 10.4 Å². The van der Waals surface area contributed by atoms with Crippen molar-refractivity contribution in [2.45, 2.75) is 0 Å². The molecule has 0 amide bonds. The Kier molecular flexibility index (Phi) is 2.54. The van der Waals surface area contributed by atoms with E-state index in [2.05, 4.69) is 0 Å². The van der Waals surface area contributed by atoms with Gasteiger partial charge in [0.1, 0.15) is 11.5 Å².